The maximum absolute atomic E-state index is 12.0. The van der Waals surface area contributed by atoms with Crippen LogP contribution in [0.15, 0.2) is 72.0 Å². The van der Waals surface area contributed by atoms with Crippen LogP contribution in [-0.2, 0) is 14.4 Å². The van der Waals surface area contributed by atoms with Crippen LogP contribution >= 0.6 is 0 Å². The zero-order valence-electron chi connectivity index (χ0n) is 18.3. The van der Waals surface area contributed by atoms with E-state index in [-0.39, 0.29) is 0 Å². The average molecular weight is 448 g/mol. The molecule has 7 heteroatoms. The molecule has 2 aromatic heterocycles. The highest BCUT2D eigenvalue weighted by atomic mass is 32.3. The average Bonchev–Trinajstić information content (AvgIpc) is 3.23. The quantitative estimate of drug-likeness (QED) is 0.454. The van der Waals surface area contributed by atoms with E-state index in [2.05, 4.69) is 46.3 Å². The molecule has 1 N–H and O–H groups in total. The number of benzene rings is 2. The molecule has 0 amide bonds. The summed E-state index contributed by atoms with van der Waals surface area (Å²) in [6.07, 6.45) is 9.35. The Labute approximate surface area is 189 Å². The number of aromatic nitrogens is 3. The van der Waals surface area contributed by atoms with Gasteiger partial charge in [-0.25, -0.2) is 9.50 Å². The molecule has 32 heavy (non-hydrogen) atoms. The van der Waals surface area contributed by atoms with Crippen LogP contribution in [0.3, 0.4) is 0 Å². The summed E-state index contributed by atoms with van der Waals surface area (Å²) in [7, 11) is -0.838. The van der Waals surface area contributed by atoms with Gasteiger partial charge in [0.15, 0.2) is 10.5 Å². The van der Waals surface area contributed by atoms with Crippen LogP contribution in [0.2, 0.25) is 0 Å². The summed E-state index contributed by atoms with van der Waals surface area (Å²) >= 11 is 0. The van der Waals surface area contributed by atoms with Crippen LogP contribution in [0.5, 0.6) is 0 Å². The molecule has 3 heterocycles. The van der Waals surface area contributed by atoms with Gasteiger partial charge in [0.25, 0.3) is 0 Å². The monoisotopic (exact) mass is 447 g/mol. The predicted molar refractivity (Wildman–Crippen MR) is 128 cm³/mol. The number of likely N-dealkylation sites (tertiary alicyclic amines) is 1. The molecule has 2 aromatic carbocycles. The fraction of sp³-hybridized carbons (Fsp3) is 0.280. The minimum Gasteiger partial charge on any atom is -0.306 e. The van der Waals surface area contributed by atoms with E-state index >= 15 is 0 Å². The Morgan fingerprint density at radius 2 is 1.75 bits per heavy atom. The molecule has 1 unspecified atom stereocenters. The van der Waals surface area contributed by atoms with E-state index in [1.165, 1.54) is 24.7 Å². The zero-order valence-corrected chi connectivity index (χ0v) is 19.1. The third kappa shape index (κ3) is 4.11. The van der Waals surface area contributed by atoms with Gasteiger partial charge in [-0.2, -0.15) is 9.65 Å². The minimum atomic E-state index is -3.03. The van der Waals surface area contributed by atoms with E-state index in [1.54, 1.807) is 28.9 Å². The van der Waals surface area contributed by atoms with Gasteiger partial charge in [0.05, 0.1) is 6.20 Å². The number of rotatable bonds is 4. The van der Waals surface area contributed by atoms with Crippen LogP contribution in [0.1, 0.15) is 24.3 Å². The van der Waals surface area contributed by atoms with Crippen LogP contribution in [0.4, 0.5) is 0 Å². The number of hydrogen-bond donors (Lipinski definition) is 1. The Hall–Kier alpha value is -2.87. The lowest BCUT2D eigenvalue weighted by Crippen LogP contribution is -2.29. The highest BCUT2D eigenvalue weighted by Gasteiger charge is 2.22. The Balaban J connectivity index is 1.42. The van der Waals surface area contributed by atoms with E-state index in [4.69, 9.17) is 0 Å². The lowest BCUT2D eigenvalue weighted by Gasteiger charge is -2.29. The molecule has 1 atom stereocenters. The molecular formula is C25H27N4O2S+. The van der Waals surface area contributed by atoms with Crippen molar-refractivity contribution in [2.45, 2.75) is 23.7 Å². The third-order valence-electron chi connectivity index (χ3n) is 6.37. The standard InChI is InChI=1S/C25H26N4O2S/c1-28-12-10-20(11-13-28)18-6-8-19(9-7-18)22-15-26-25-24(16-27-29(25)17-22)21-4-3-5-23(14-21)32(2,30)31/h3-9,14-17,20H,10-13H2,1-2H3/p+1. The van der Waals surface area contributed by atoms with Crippen molar-refractivity contribution in [2.75, 3.05) is 26.4 Å². The molecule has 0 radical (unpaired) electrons. The maximum atomic E-state index is 12.0. The fourth-order valence-corrected chi connectivity index (χ4v) is 5.09. The summed E-state index contributed by atoms with van der Waals surface area (Å²) in [5.41, 5.74) is 5.90. The second-order valence-corrected chi connectivity index (χ2v) is 10.8. The molecule has 1 fully saturated rings. The summed E-state index contributed by atoms with van der Waals surface area (Å²) in [4.78, 5) is 7.46. The molecule has 0 spiro atoms. The first-order valence-electron chi connectivity index (χ1n) is 10.8. The van der Waals surface area contributed by atoms with Crippen molar-refractivity contribution >= 4 is 15.9 Å². The Morgan fingerprint density at radius 3 is 2.47 bits per heavy atom. The van der Waals surface area contributed by atoms with Gasteiger partial charge in [-0.15, -0.1) is 0 Å². The Kier molecular flexibility index (Phi) is 5.41. The summed E-state index contributed by atoms with van der Waals surface area (Å²) < 4.78 is 23.7. The van der Waals surface area contributed by atoms with Crippen LogP contribution in [-0.4, -0.2) is 50.4 Å². The lowest BCUT2D eigenvalue weighted by molar-refractivity contribution is 0.255. The first kappa shape index (κ1) is 21.0. The van der Waals surface area contributed by atoms with E-state index < -0.39 is 10.2 Å². The van der Waals surface area contributed by atoms with Gasteiger partial charge in [0.1, 0.15) is 6.26 Å². The van der Waals surface area contributed by atoms with Gasteiger partial charge < -0.3 is 4.90 Å². The van der Waals surface area contributed by atoms with Crippen molar-refractivity contribution in [1.29, 1.82) is 0 Å². The molecule has 0 saturated carbocycles. The third-order valence-corrected chi connectivity index (χ3v) is 7.50. The molecule has 6 nitrogen and oxygen atoms in total. The van der Waals surface area contributed by atoms with E-state index in [0.717, 1.165) is 41.0 Å². The highest BCUT2D eigenvalue weighted by molar-refractivity contribution is 7.97. The van der Waals surface area contributed by atoms with E-state index in [9.17, 15) is 8.76 Å². The van der Waals surface area contributed by atoms with Gasteiger partial charge in [-0.1, -0.05) is 40.6 Å². The van der Waals surface area contributed by atoms with Crippen molar-refractivity contribution in [3.63, 3.8) is 0 Å². The molecule has 5 rings (SSSR count). The van der Waals surface area contributed by atoms with Gasteiger partial charge in [-0.3, -0.25) is 0 Å². The van der Waals surface area contributed by atoms with Crippen LogP contribution in [0, 0.1) is 0 Å². The molecule has 0 aliphatic carbocycles. The largest absolute Gasteiger partial charge is 0.306 e. The van der Waals surface area contributed by atoms with Crippen LogP contribution in [0.25, 0.3) is 27.9 Å². The van der Waals surface area contributed by atoms with E-state index in [1.807, 2.05) is 18.5 Å². The maximum Gasteiger partial charge on any atom is 0.244 e. The summed E-state index contributed by atoms with van der Waals surface area (Å²) in [6.45, 7) is 2.32. The van der Waals surface area contributed by atoms with Crippen molar-refractivity contribution in [2.24, 2.45) is 0 Å². The highest BCUT2D eigenvalue weighted by Crippen LogP contribution is 2.31. The minimum absolute atomic E-state index is 0.399. The first-order chi connectivity index (χ1) is 15.4. The predicted octanol–water partition coefficient (Wildman–Crippen LogP) is 4.83. The number of hydrogen-bond acceptors (Lipinski definition) is 4. The van der Waals surface area contributed by atoms with Crippen molar-refractivity contribution in [3.05, 3.63) is 72.7 Å². The Morgan fingerprint density at radius 1 is 1.00 bits per heavy atom. The molecule has 4 aromatic rings. The fourth-order valence-electron chi connectivity index (χ4n) is 4.42. The smallest absolute Gasteiger partial charge is 0.244 e. The van der Waals surface area contributed by atoms with Gasteiger partial charge >= 0.3 is 0 Å². The second-order valence-electron chi connectivity index (χ2n) is 8.70. The molecule has 0 bridgehead atoms. The van der Waals surface area contributed by atoms with Gasteiger partial charge in [0, 0.05) is 29.6 Å². The summed E-state index contributed by atoms with van der Waals surface area (Å²) in [5.74, 6) is 0.641. The normalized spacial score (nSPS) is 17.5. The molecular weight excluding hydrogens is 420 g/mol. The number of piperidine rings is 1. The SMILES string of the molecule is CN1CCC(c2ccc(-c3cnc4c(-c5cccc([S+](C)(=O)O)c5)cnn4c3)cc2)CC1. The first-order valence-corrected chi connectivity index (χ1v) is 12.8. The zero-order chi connectivity index (χ0) is 22.3. The van der Waals surface area contributed by atoms with Gasteiger partial charge in [-0.05, 0) is 61.7 Å². The van der Waals surface area contributed by atoms with Crippen LogP contribution < -0.4 is 0 Å². The Bertz CT molecular complexity index is 1300. The second kappa shape index (κ2) is 8.24. The number of nitrogens with zero attached hydrogens (tertiary/aromatic N) is 4. The molecule has 1 aliphatic heterocycles. The lowest BCUT2D eigenvalue weighted by atomic mass is 9.89. The van der Waals surface area contributed by atoms with E-state index in [0.29, 0.717) is 10.8 Å². The summed E-state index contributed by atoms with van der Waals surface area (Å²) in [6, 6.07) is 15.9. The van der Waals surface area contributed by atoms with Gasteiger partial charge in [0.2, 0.25) is 10.2 Å². The van der Waals surface area contributed by atoms with Crippen molar-refractivity contribution in [1.82, 2.24) is 19.5 Å². The number of fused-ring (bicyclic) bond motifs is 1. The van der Waals surface area contributed by atoms with Crippen molar-refractivity contribution in [3.8, 4) is 22.3 Å². The molecule has 164 valence electrons. The van der Waals surface area contributed by atoms with Crippen molar-refractivity contribution < 1.29 is 8.76 Å². The summed E-state index contributed by atoms with van der Waals surface area (Å²) in [5, 5.41) is 4.49. The molecule has 1 aliphatic rings. The molecule has 1 saturated heterocycles. The topological polar surface area (TPSA) is 70.7 Å².